The van der Waals surface area contributed by atoms with Gasteiger partial charge in [-0.3, -0.25) is 14.9 Å². The van der Waals surface area contributed by atoms with Crippen LogP contribution in [-0.4, -0.2) is 90.0 Å². The van der Waals surface area contributed by atoms with Crippen molar-refractivity contribution in [3.05, 3.63) is 30.1 Å². The maximum absolute atomic E-state index is 12.3. The molecule has 2 aromatic rings. The summed E-state index contributed by atoms with van der Waals surface area (Å²) >= 11 is 0. The first kappa shape index (κ1) is 25.1. The van der Waals surface area contributed by atoms with Gasteiger partial charge < -0.3 is 19.3 Å². The topological polar surface area (TPSA) is 94.8 Å². The molecule has 3 heterocycles. The summed E-state index contributed by atoms with van der Waals surface area (Å²) in [6.07, 6.45) is 4.22. The number of anilines is 1. The number of fused-ring (bicyclic) bond motifs is 1. The first-order valence-corrected chi connectivity index (χ1v) is 12.4. The number of amides is 1. The van der Waals surface area contributed by atoms with Crippen LogP contribution in [0.4, 0.5) is 10.5 Å². The van der Waals surface area contributed by atoms with Crippen LogP contribution in [0.15, 0.2) is 24.5 Å². The van der Waals surface area contributed by atoms with Crippen molar-refractivity contribution < 1.29 is 14.3 Å². The van der Waals surface area contributed by atoms with Gasteiger partial charge in [0.05, 0.1) is 24.0 Å². The smallest absolute Gasteiger partial charge is 0.410 e. The second-order valence-corrected chi connectivity index (χ2v) is 10.5. The minimum Gasteiger partial charge on any atom is -0.444 e. The predicted molar refractivity (Wildman–Crippen MR) is 134 cm³/mol. The fourth-order valence-corrected chi connectivity index (χ4v) is 4.83. The molecule has 188 valence electrons. The maximum atomic E-state index is 12.3. The van der Waals surface area contributed by atoms with Crippen molar-refractivity contribution >= 4 is 22.8 Å². The highest BCUT2D eigenvalue weighted by atomic mass is 16.6. The van der Waals surface area contributed by atoms with Crippen molar-refractivity contribution in [2.45, 2.75) is 45.8 Å². The van der Waals surface area contributed by atoms with Crippen LogP contribution in [0.1, 0.15) is 39.7 Å². The van der Waals surface area contributed by atoms with Crippen LogP contribution < -0.4 is 4.90 Å². The van der Waals surface area contributed by atoms with E-state index in [4.69, 9.17) is 9.47 Å². The van der Waals surface area contributed by atoms with Crippen LogP contribution in [0.3, 0.4) is 0 Å². The van der Waals surface area contributed by atoms with Gasteiger partial charge in [0.25, 0.3) is 0 Å². The standard InChI is InChI=1S/C26H36N6O3/c1-19-15-21(34-14-13-30-9-11-31(12-10-30)25(33)35-26(2,3)4)18-32(17-19)22-6-5-20(16-27)23-24(22)29-8-7-28-23/h5-8,19,21H,9-15,17-18H2,1-4H3. The lowest BCUT2D eigenvalue weighted by atomic mass is 9.96. The lowest BCUT2D eigenvalue weighted by molar-refractivity contribution is 0.000875. The molecule has 4 rings (SSSR count). The molecule has 9 heteroatoms. The van der Waals surface area contributed by atoms with Gasteiger partial charge in [-0.15, -0.1) is 0 Å². The molecular weight excluding hydrogens is 444 g/mol. The number of nitriles is 1. The van der Waals surface area contributed by atoms with Crippen LogP contribution in [0.2, 0.25) is 0 Å². The number of nitrogens with zero attached hydrogens (tertiary/aromatic N) is 6. The molecule has 0 radical (unpaired) electrons. The van der Waals surface area contributed by atoms with E-state index in [1.165, 1.54) is 0 Å². The Balaban J connectivity index is 1.29. The predicted octanol–water partition coefficient (Wildman–Crippen LogP) is 3.29. The highest BCUT2D eigenvalue weighted by molar-refractivity contribution is 5.92. The Kier molecular flexibility index (Phi) is 7.72. The van der Waals surface area contributed by atoms with E-state index < -0.39 is 5.60 Å². The number of aromatic nitrogens is 2. The van der Waals surface area contributed by atoms with E-state index in [2.05, 4.69) is 32.8 Å². The van der Waals surface area contributed by atoms with Crippen molar-refractivity contribution in [2.75, 3.05) is 57.3 Å². The zero-order valence-corrected chi connectivity index (χ0v) is 21.2. The van der Waals surface area contributed by atoms with Crippen molar-refractivity contribution in [3.8, 4) is 6.07 Å². The van der Waals surface area contributed by atoms with Gasteiger partial charge in [-0.05, 0) is 45.2 Å². The number of hydrogen-bond acceptors (Lipinski definition) is 8. The molecule has 1 aromatic carbocycles. The number of piperidine rings is 1. The summed E-state index contributed by atoms with van der Waals surface area (Å²) in [5.41, 5.74) is 2.49. The molecule has 2 atom stereocenters. The molecule has 0 N–H and O–H groups in total. The molecule has 2 fully saturated rings. The summed E-state index contributed by atoms with van der Waals surface area (Å²) in [4.78, 5) is 27.6. The maximum Gasteiger partial charge on any atom is 0.410 e. The Bertz CT molecular complexity index is 1070. The van der Waals surface area contributed by atoms with Gasteiger partial charge in [0.1, 0.15) is 22.7 Å². The molecule has 1 aromatic heterocycles. The average Bonchev–Trinajstić information content (AvgIpc) is 2.82. The number of benzene rings is 1. The Morgan fingerprint density at radius 3 is 2.51 bits per heavy atom. The molecular formula is C26H36N6O3. The van der Waals surface area contributed by atoms with Crippen molar-refractivity contribution in [2.24, 2.45) is 5.92 Å². The molecule has 0 saturated carbocycles. The quantitative estimate of drug-likeness (QED) is 0.644. The van der Waals surface area contributed by atoms with Crippen LogP contribution in [0.5, 0.6) is 0 Å². The van der Waals surface area contributed by atoms with E-state index in [9.17, 15) is 10.1 Å². The molecule has 0 aliphatic carbocycles. The van der Waals surface area contributed by atoms with Gasteiger partial charge in [0, 0.05) is 58.2 Å². The average molecular weight is 481 g/mol. The first-order valence-electron chi connectivity index (χ1n) is 12.4. The molecule has 2 saturated heterocycles. The fraction of sp³-hybridized carbons (Fsp3) is 0.615. The molecule has 9 nitrogen and oxygen atoms in total. The Morgan fingerprint density at radius 1 is 1.11 bits per heavy atom. The zero-order valence-electron chi connectivity index (χ0n) is 21.2. The third-order valence-electron chi connectivity index (χ3n) is 6.47. The highest BCUT2D eigenvalue weighted by Crippen LogP contribution is 2.30. The molecule has 0 spiro atoms. The van der Waals surface area contributed by atoms with Crippen LogP contribution >= 0.6 is 0 Å². The Hall–Kier alpha value is -2.96. The molecule has 1 amide bonds. The van der Waals surface area contributed by atoms with Crippen LogP contribution in [-0.2, 0) is 9.47 Å². The van der Waals surface area contributed by atoms with E-state index in [1.54, 1.807) is 17.3 Å². The normalized spacial score (nSPS) is 21.7. The number of hydrogen-bond donors (Lipinski definition) is 0. The van der Waals surface area contributed by atoms with Crippen LogP contribution in [0, 0.1) is 17.2 Å². The van der Waals surface area contributed by atoms with Crippen molar-refractivity contribution in [3.63, 3.8) is 0 Å². The van der Waals surface area contributed by atoms with Crippen molar-refractivity contribution in [1.29, 1.82) is 5.26 Å². The number of ether oxygens (including phenoxy) is 2. The second kappa shape index (κ2) is 10.8. The Morgan fingerprint density at radius 2 is 1.83 bits per heavy atom. The van der Waals surface area contributed by atoms with Gasteiger partial charge in [0.2, 0.25) is 0 Å². The van der Waals surface area contributed by atoms with Gasteiger partial charge in [-0.1, -0.05) is 6.92 Å². The third kappa shape index (κ3) is 6.38. The lowest BCUT2D eigenvalue weighted by Gasteiger charge is -2.39. The minimum absolute atomic E-state index is 0.129. The van der Waals surface area contributed by atoms with E-state index in [-0.39, 0.29) is 12.2 Å². The number of carbonyl (C=O) groups is 1. The van der Waals surface area contributed by atoms with E-state index in [0.717, 1.165) is 50.3 Å². The summed E-state index contributed by atoms with van der Waals surface area (Å²) in [5.74, 6) is 0.480. The van der Waals surface area contributed by atoms with E-state index >= 15 is 0 Å². The number of carbonyl (C=O) groups excluding carboxylic acids is 1. The summed E-state index contributed by atoms with van der Waals surface area (Å²) in [6.45, 7) is 14.1. The molecule has 2 aliphatic heterocycles. The van der Waals surface area contributed by atoms with Gasteiger partial charge in [-0.25, -0.2) is 4.79 Å². The zero-order chi connectivity index (χ0) is 25.0. The second-order valence-electron chi connectivity index (χ2n) is 10.5. The largest absolute Gasteiger partial charge is 0.444 e. The monoisotopic (exact) mass is 480 g/mol. The number of rotatable bonds is 5. The molecule has 2 aliphatic rings. The summed E-state index contributed by atoms with van der Waals surface area (Å²) < 4.78 is 11.8. The number of piperazine rings is 1. The SMILES string of the molecule is CC1CC(OCCN2CCN(C(=O)OC(C)(C)C)CC2)CN(c2ccc(C#N)c3nccnc23)C1. The third-order valence-corrected chi connectivity index (χ3v) is 6.47. The Labute approximate surface area is 207 Å². The summed E-state index contributed by atoms with van der Waals surface area (Å²) in [7, 11) is 0. The van der Waals surface area contributed by atoms with Gasteiger partial charge >= 0.3 is 6.09 Å². The van der Waals surface area contributed by atoms with Crippen molar-refractivity contribution in [1.82, 2.24) is 19.8 Å². The van der Waals surface area contributed by atoms with Gasteiger partial charge in [0.15, 0.2) is 0 Å². The summed E-state index contributed by atoms with van der Waals surface area (Å²) in [6, 6.07) is 6.03. The van der Waals surface area contributed by atoms with Gasteiger partial charge in [-0.2, -0.15) is 5.26 Å². The highest BCUT2D eigenvalue weighted by Gasteiger charge is 2.28. The molecule has 0 bridgehead atoms. The lowest BCUT2D eigenvalue weighted by Crippen LogP contribution is -2.51. The van der Waals surface area contributed by atoms with Crippen LogP contribution in [0.25, 0.3) is 11.0 Å². The molecule has 35 heavy (non-hydrogen) atoms. The molecule has 2 unspecified atom stereocenters. The summed E-state index contributed by atoms with van der Waals surface area (Å²) in [5, 5.41) is 9.43. The first-order chi connectivity index (χ1) is 16.7. The van der Waals surface area contributed by atoms with E-state index in [0.29, 0.717) is 36.7 Å². The van der Waals surface area contributed by atoms with E-state index in [1.807, 2.05) is 32.9 Å². The minimum atomic E-state index is -0.469. The fourth-order valence-electron chi connectivity index (χ4n) is 4.83.